The zero-order valence-corrected chi connectivity index (χ0v) is 28.9. The van der Waals surface area contributed by atoms with E-state index >= 15 is 0 Å². The highest BCUT2D eigenvalue weighted by molar-refractivity contribution is 6.18. The first-order chi connectivity index (χ1) is 25.5. The van der Waals surface area contributed by atoms with Crippen LogP contribution in [-0.4, -0.2) is 0 Å². The van der Waals surface area contributed by atoms with E-state index in [9.17, 15) is 0 Å². The molecule has 0 aliphatic heterocycles. The van der Waals surface area contributed by atoms with Gasteiger partial charge in [-0.3, -0.25) is 0 Å². The van der Waals surface area contributed by atoms with E-state index in [1.165, 1.54) is 22.3 Å². The van der Waals surface area contributed by atoms with Gasteiger partial charge in [0.15, 0.2) is 0 Å². The molecule has 246 valence electrons. The number of benzene rings is 8. The van der Waals surface area contributed by atoms with Gasteiger partial charge in [-0.15, -0.1) is 0 Å². The Kier molecular flexibility index (Phi) is 6.01. The molecular weight excluding hydrogens is 635 g/mol. The van der Waals surface area contributed by atoms with Crippen molar-refractivity contribution in [3.05, 3.63) is 175 Å². The second-order valence-electron chi connectivity index (χ2n) is 14.5. The number of rotatable bonds is 4. The molecule has 10 aromatic rings. The molecule has 1 aliphatic rings. The lowest BCUT2D eigenvalue weighted by atomic mass is 9.82. The van der Waals surface area contributed by atoms with Crippen LogP contribution in [0.4, 0.5) is 17.1 Å². The second-order valence-corrected chi connectivity index (χ2v) is 14.5. The molecule has 0 bridgehead atoms. The van der Waals surface area contributed by atoms with Gasteiger partial charge in [0.2, 0.25) is 0 Å². The third-order valence-electron chi connectivity index (χ3n) is 11.2. The molecule has 11 rings (SSSR count). The van der Waals surface area contributed by atoms with Crippen molar-refractivity contribution in [2.45, 2.75) is 19.3 Å². The van der Waals surface area contributed by atoms with Gasteiger partial charge in [-0.2, -0.15) is 0 Å². The smallest absolute Gasteiger partial charge is 0.143 e. The lowest BCUT2D eigenvalue weighted by Gasteiger charge is -2.28. The summed E-state index contributed by atoms with van der Waals surface area (Å²) < 4.78 is 13.4. The van der Waals surface area contributed by atoms with E-state index in [2.05, 4.69) is 170 Å². The second kappa shape index (κ2) is 10.7. The van der Waals surface area contributed by atoms with Gasteiger partial charge in [0.05, 0.1) is 0 Å². The van der Waals surface area contributed by atoms with Crippen molar-refractivity contribution in [1.82, 2.24) is 0 Å². The zero-order valence-electron chi connectivity index (χ0n) is 28.9. The normalized spacial score (nSPS) is 13.3. The van der Waals surface area contributed by atoms with E-state index in [1.807, 2.05) is 12.1 Å². The Balaban J connectivity index is 1.21. The summed E-state index contributed by atoms with van der Waals surface area (Å²) in [6.07, 6.45) is 0. The van der Waals surface area contributed by atoms with E-state index in [0.717, 1.165) is 82.8 Å². The maximum Gasteiger partial charge on any atom is 0.143 e. The Morgan fingerprint density at radius 3 is 2.00 bits per heavy atom. The maximum absolute atomic E-state index is 6.88. The summed E-state index contributed by atoms with van der Waals surface area (Å²) in [6.45, 7) is 4.68. The average Bonchev–Trinajstić information content (AvgIpc) is 3.83. The molecule has 2 heterocycles. The van der Waals surface area contributed by atoms with Crippen LogP contribution in [0.1, 0.15) is 25.0 Å². The minimum absolute atomic E-state index is 0.142. The molecule has 8 aromatic carbocycles. The maximum atomic E-state index is 6.88. The van der Waals surface area contributed by atoms with Crippen LogP contribution in [0.15, 0.2) is 173 Å². The van der Waals surface area contributed by atoms with Crippen molar-refractivity contribution >= 4 is 71.7 Å². The van der Waals surface area contributed by atoms with E-state index in [-0.39, 0.29) is 5.41 Å². The molecule has 2 aromatic heterocycles. The summed E-state index contributed by atoms with van der Waals surface area (Å²) >= 11 is 0. The van der Waals surface area contributed by atoms with Crippen LogP contribution in [0.5, 0.6) is 0 Å². The van der Waals surface area contributed by atoms with Gasteiger partial charge in [0.25, 0.3) is 0 Å². The summed E-state index contributed by atoms with van der Waals surface area (Å²) in [7, 11) is 0. The van der Waals surface area contributed by atoms with Crippen molar-refractivity contribution < 1.29 is 8.83 Å². The van der Waals surface area contributed by atoms with Gasteiger partial charge < -0.3 is 13.7 Å². The molecule has 3 heteroatoms. The summed E-state index contributed by atoms with van der Waals surface area (Å²) in [4.78, 5) is 2.39. The van der Waals surface area contributed by atoms with E-state index in [4.69, 9.17) is 8.83 Å². The van der Waals surface area contributed by atoms with Crippen LogP contribution in [0.25, 0.3) is 76.9 Å². The quantitative estimate of drug-likeness (QED) is 0.187. The molecule has 0 atom stereocenters. The van der Waals surface area contributed by atoms with Gasteiger partial charge in [-0.25, -0.2) is 0 Å². The first-order valence-electron chi connectivity index (χ1n) is 17.9. The van der Waals surface area contributed by atoms with Gasteiger partial charge in [0, 0.05) is 61.0 Å². The number of para-hydroxylation sites is 1. The first kappa shape index (κ1) is 29.2. The van der Waals surface area contributed by atoms with Gasteiger partial charge in [-0.1, -0.05) is 123 Å². The Morgan fingerprint density at radius 2 is 1.10 bits per heavy atom. The van der Waals surface area contributed by atoms with Gasteiger partial charge in [0.1, 0.15) is 22.3 Å². The van der Waals surface area contributed by atoms with E-state index in [1.54, 1.807) is 0 Å². The van der Waals surface area contributed by atoms with Gasteiger partial charge >= 0.3 is 0 Å². The molecule has 0 radical (unpaired) electrons. The predicted octanol–water partition coefficient (Wildman–Crippen LogP) is 14.1. The van der Waals surface area contributed by atoms with Gasteiger partial charge in [-0.05, 0) is 81.7 Å². The Hall–Kier alpha value is -6.58. The lowest BCUT2D eigenvalue weighted by molar-refractivity contribution is 0.660. The minimum Gasteiger partial charge on any atom is -0.456 e. The molecule has 1 aliphatic carbocycles. The fraction of sp³-hybridized carbons (Fsp3) is 0.0612. The Labute approximate surface area is 301 Å². The molecule has 0 saturated carbocycles. The number of furan rings is 2. The SMILES string of the molecule is CC1(C)c2ccccc2-c2ccc(N(c3ccc4c(c3)oc3ccccc34)c3cc(-c4ccccc4)c4oc5c6ccccc6ccc5c4c3)cc21. The van der Waals surface area contributed by atoms with Crippen LogP contribution in [0.3, 0.4) is 0 Å². The molecule has 0 fully saturated rings. The minimum atomic E-state index is -0.142. The average molecular weight is 668 g/mol. The van der Waals surface area contributed by atoms with E-state index in [0.29, 0.717) is 0 Å². The number of hydrogen-bond donors (Lipinski definition) is 0. The van der Waals surface area contributed by atoms with Crippen LogP contribution >= 0.6 is 0 Å². The summed E-state index contributed by atoms with van der Waals surface area (Å²) in [5.41, 5.74) is 14.0. The molecule has 3 nitrogen and oxygen atoms in total. The van der Waals surface area contributed by atoms with E-state index < -0.39 is 0 Å². The fourth-order valence-corrected chi connectivity index (χ4v) is 8.68. The van der Waals surface area contributed by atoms with Crippen molar-refractivity contribution in [1.29, 1.82) is 0 Å². The predicted molar refractivity (Wildman–Crippen MR) is 216 cm³/mol. The number of nitrogens with zero attached hydrogens (tertiary/aromatic N) is 1. The van der Waals surface area contributed by atoms with Crippen LogP contribution in [-0.2, 0) is 5.41 Å². The van der Waals surface area contributed by atoms with Crippen molar-refractivity contribution in [3.63, 3.8) is 0 Å². The highest BCUT2D eigenvalue weighted by Gasteiger charge is 2.36. The fourth-order valence-electron chi connectivity index (χ4n) is 8.68. The number of hydrogen-bond acceptors (Lipinski definition) is 3. The topological polar surface area (TPSA) is 29.5 Å². The molecule has 0 N–H and O–H groups in total. The van der Waals surface area contributed by atoms with Crippen LogP contribution in [0.2, 0.25) is 0 Å². The summed E-state index contributed by atoms with van der Waals surface area (Å²) in [5.74, 6) is 0. The largest absolute Gasteiger partial charge is 0.456 e. The molecule has 0 unspecified atom stereocenters. The Morgan fingerprint density at radius 1 is 0.404 bits per heavy atom. The van der Waals surface area contributed by atoms with Crippen molar-refractivity contribution in [2.24, 2.45) is 0 Å². The summed E-state index contributed by atoms with van der Waals surface area (Å²) in [5, 5.41) is 6.70. The summed E-state index contributed by atoms with van der Waals surface area (Å²) in [6, 6.07) is 58.8. The molecule has 0 spiro atoms. The zero-order chi connectivity index (χ0) is 34.6. The first-order valence-corrected chi connectivity index (χ1v) is 17.9. The molecule has 0 amide bonds. The number of anilines is 3. The highest BCUT2D eigenvalue weighted by atomic mass is 16.3. The third-order valence-corrected chi connectivity index (χ3v) is 11.2. The highest BCUT2D eigenvalue weighted by Crippen LogP contribution is 2.51. The standard InChI is InChI=1S/C49H33NO2/c1-49(2)43-18-10-8-16-36(43)37-24-21-32(28-44(37)49)50(33-22-25-39-38-17-9-11-19-45(38)51-46(39)29-33)34-26-41(30-12-4-3-5-13-30)48-42(27-34)40-23-20-31-14-6-7-15-35(31)47(40)52-48/h3-29H,1-2H3. The molecule has 52 heavy (non-hydrogen) atoms. The Bertz CT molecular complexity index is 3050. The molecular formula is C49H33NO2. The van der Waals surface area contributed by atoms with Crippen LogP contribution in [0, 0.1) is 0 Å². The third kappa shape index (κ3) is 4.14. The number of fused-ring (bicyclic) bond motifs is 11. The van der Waals surface area contributed by atoms with Crippen molar-refractivity contribution in [2.75, 3.05) is 4.90 Å². The monoisotopic (exact) mass is 667 g/mol. The van der Waals surface area contributed by atoms with Crippen molar-refractivity contribution in [3.8, 4) is 22.3 Å². The molecule has 0 saturated heterocycles. The van der Waals surface area contributed by atoms with Crippen LogP contribution < -0.4 is 4.90 Å². The lowest BCUT2D eigenvalue weighted by Crippen LogP contribution is -2.16.